The van der Waals surface area contributed by atoms with Crippen molar-refractivity contribution in [3.8, 4) is 6.07 Å². The third-order valence-electron chi connectivity index (χ3n) is 4.29. The van der Waals surface area contributed by atoms with Crippen LogP contribution in [0, 0.1) is 11.3 Å². The number of anilines is 1. The molecule has 6 heteroatoms. The highest BCUT2D eigenvalue weighted by atomic mass is 16.6. The highest BCUT2D eigenvalue weighted by molar-refractivity contribution is 6.04. The van der Waals surface area contributed by atoms with E-state index in [-0.39, 0.29) is 12.0 Å². The summed E-state index contributed by atoms with van der Waals surface area (Å²) in [5.74, 6) is -0.196. The van der Waals surface area contributed by atoms with Gasteiger partial charge in [-0.2, -0.15) is 5.26 Å². The maximum atomic E-state index is 12.5. The van der Waals surface area contributed by atoms with Crippen LogP contribution in [0.4, 0.5) is 5.69 Å². The number of carbonyl (C=O) groups is 1. The van der Waals surface area contributed by atoms with Gasteiger partial charge in [0.05, 0.1) is 37.6 Å². The second-order valence-electron chi connectivity index (χ2n) is 6.61. The van der Waals surface area contributed by atoms with Gasteiger partial charge in [0, 0.05) is 24.3 Å². The van der Waals surface area contributed by atoms with E-state index in [1.807, 2.05) is 25.2 Å². The highest BCUT2D eigenvalue weighted by Crippen LogP contribution is 2.14. The highest BCUT2D eigenvalue weighted by Gasteiger charge is 2.16. The predicted octanol–water partition coefficient (Wildman–Crippen LogP) is 2.66. The summed E-state index contributed by atoms with van der Waals surface area (Å²) in [5.41, 5.74) is 2.75. The van der Waals surface area contributed by atoms with Gasteiger partial charge in [-0.1, -0.05) is 18.2 Å². The molecule has 1 fully saturated rings. The van der Waals surface area contributed by atoms with Crippen molar-refractivity contribution >= 4 is 11.6 Å². The Morgan fingerprint density at radius 3 is 2.89 bits per heavy atom. The third kappa shape index (κ3) is 5.63. The van der Waals surface area contributed by atoms with E-state index < -0.39 is 0 Å². The van der Waals surface area contributed by atoms with Gasteiger partial charge in [-0.3, -0.25) is 9.69 Å². The fourth-order valence-electron chi connectivity index (χ4n) is 3.05. The van der Waals surface area contributed by atoms with Crippen molar-refractivity contribution in [3.05, 3.63) is 65.2 Å². The zero-order valence-corrected chi connectivity index (χ0v) is 15.4. The number of hydrogen-bond acceptors (Lipinski definition) is 5. The predicted molar refractivity (Wildman–Crippen MR) is 102 cm³/mol. The van der Waals surface area contributed by atoms with Crippen molar-refractivity contribution in [1.82, 2.24) is 4.90 Å². The van der Waals surface area contributed by atoms with Crippen LogP contribution in [0.25, 0.3) is 0 Å². The molecular weight excluding hydrogens is 342 g/mol. The summed E-state index contributed by atoms with van der Waals surface area (Å²) in [5, 5.41) is 11.8. The van der Waals surface area contributed by atoms with Crippen molar-refractivity contribution in [1.29, 1.82) is 5.26 Å². The number of amides is 1. The molecule has 0 unspecified atom stereocenters. The summed E-state index contributed by atoms with van der Waals surface area (Å²) in [6.07, 6.45) is 0.0858. The van der Waals surface area contributed by atoms with Crippen molar-refractivity contribution in [2.45, 2.75) is 12.6 Å². The molecule has 140 valence electrons. The summed E-state index contributed by atoms with van der Waals surface area (Å²) in [7, 11) is 2.03. The molecule has 2 aromatic carbocycles. The molecule has 1 aliphatic heterocycles. The number of nitriles is 1. The molecule has 27 heavy (non-hydrogen) atoms. The average molecular weight is 365 g/mol. The molecule has 1 atom stereocenters. The average Bonchev–Trinajstić information content (AvgIpc) is 2.69. The minimum Gasteiger partial charge on any atom is -0.376 e. The van der Waals surface area contributed by atoms with Crippen LogP contribution in [0.2, 0.25) is 0 Å². The number of carbonyl (C=O) groups excluding carboxylic acids is 1. The molecule has 1 N–H and O–H groups in total. The number of nitrogens with zero attached hydrogens (tertiary/aromatic N) is 2. The zero-order chi connectivity index (χ0) is 19.1. The largest absolute Gasteiger partial charge is 0.376 e. The minimum atomic E-state index is -0.196. The lowest BCUT2D eigenvalue weighted by Crippen LogP contribution is -2.38. The topological polar surface area (TPSA) is 74.6 Å². The Morgan fingerprint density at radius 1 is 1.26 bits per heavy atom. The van der Waals surface area contributed by atoms with E-state index in [1.54, 1.807) is 30.3 Å². The Hall–Kier alpha value is -2.72. The van der Waals surface area contributed by atoms with E-state index in [0.29, 0.717) is 43.2 Å². The van der Waals surface area contributed by atoms with Crippen LogP contribution >= 0.6 is 0 Å². The Balaban J connectivity index is 1.60. The van der Waals surface area contributed by atoms with Gasteiger partial charge in [0.2, 0.25) is 0 Å². The standard InChI is InChI=1S/C21H23N3O3/c1-24(14-20-15-26-8-9-27-20)13-17-5-2-6-18(10-17)21(25)23-19-7-3-4-16(11-19)12-22/h2-7,10-11,20H,8-9,13-15H2,1H3,(H,23,25)/t20-/m0/s1. The van der Waals surface area contributed by atoms with Gasteiger partial charge >= 0.3 is 0 Å². The molecule has 0 radical (unpaired) electrons. The van der Waals surface area contributed by atoms with Gasteiger partial charge in [-0.05, 0) is 42.9 Å². The Bertz CT molecular complexity index is 825. The lowest BCUT2D eigenvalue weighted by molar-refractivity contribution is -0.0962. The minimum absolute atomic E-state index is 0.0858. The third-order valence-corrected chi connectivity index (χ3v) is 4.29. The van der Waals surface area contributed by atoms with E-state index >= 15 is 0 Å². The molecule has 1 heterocycles. The zero-order valence-electron chi connectivity index (χ0n) is 15.4. The summed E-state index contributed by atoms with van der Waals surface area (Å²) >= 11 is 0. The Morgan fingerprint density at radius 2 is 2.11 bits per heavy atom. The van der Waals surface area contributed by atoms with E-state index in [4.69, 9.17) is 14.7 Å². The first-order valence-electron chi connectivity index (χ1n) is 8.92. The quantitative estimate of drug-likeness (QED) is 0.852. The van der Waals surface area contributed by atoms with E-state index in [0.717, 1.165) is 12.1 Å². The van der Waals surface area contributed by atoms with E-state index in [2.05, 4.69) is 16.3 Å². The van der Waals surface area contributed by atoms with E-state index in [1.165, 1.54) is 0 Å². The first-order chi connectivity index (χ1) is 13.1. The van der Waals surface area contributed by atoms with Crippen LogP contribution in [-0.2, 0) is 16.0 Å². The molecule has 0 spiro atoms. The maximum Gasteiger partial charge on any atom is 0.255 e. The summed E-state index contributed by atoms with van der Waals surface area (Å²) in [6.45, 7) is 3.41. The second-order valence-corrected chi connectivity index (χ2v) is 6.61. The van der Waals surface area contributed by atoms with Gasteiger partial charge < -0.3 is 14.8 Å². The van der Waals surface area contributed by atoms with Crippen LogP contribution in [-0.4, -0.2) is 50.3 Å². The fraction of sp³-hybridized carbons (Fsp3) is 0.333. The van der Waals surface area contributed by atoms with Crippen LogP contribution in [0.15, 0.2) is 48.5 Å². The Labute approximate surface area is 159 Å². The van der Waals surface area contributed by atoms with Gasteiger partial charge in [0.1, 0.15) is 0 Å². The second kappa shape index (κ2) is 9.28. The van der Waals surface area contributed by atoms with Crippen molar-refractivity contribution in [2.24, 2.45) is 0 Å². The van der Waals surface area contributed by atoms with Crippen LogP contribution in [0.3, 0.4) is 0 Å². The first kappa shape index (κ1) is 19.1. The molecule has 2 aromatic rings. The fourth-order valence-corrected chi connectivity index (χ4v) is 3.05. The van der Waals surface area contributed by atoms with Crippen molar-refractivity contribution < 1.29 is 14.3 Å². The molecule has 0 aromatic heterocycles. The van der Waals surface area contributed by atoms with Gasteiger partial charge in [0.25, 0.3) is 5.91 Å². The molecule has 1 aliphatic rings. The molecule has 0 bridgehead atoms. The van der Waals surface area contributed by atoms with Crippen molar-refractivity contribution in [3.63, 3.8) is 0 Å². The number of nitrogens with one attached hydrogen (secondary N) is 1. The smallest absolute Gasteiger partial charge is 0.255 e. The number of benzene rings is 2. The molecule has 1 saturated heterocycles. The lowest BCUT2D eigenvalue weighted by atomic mass is 10.1. The van der Waals surface area contributed by atoms with Gasteiger partial charge in [0.15, 0.2) is 0 Å². The summed E-state index contributed by atoms with van der Waals surface area (Å²) < 4.78 is 11.1. The number of hydrogen-bond donors (Lipinski definition) is 1. The summed E-state index contributed by atoms with van der Waals surface area (Å²) in [6, 6.07) is 16.5. The van der Waals surface area contributed by atoms with Crippen molar-refractivity contribution in [2.75, 3.05) is 38.7 Å². The molecule has 0 aliphatic carbocycles. The van der Waals surface area contributed by atoms with Crippen LogP contribution in [0.5, 0.6) is 0 Å². The van der Waals surface area contributed by atoms with Crippen LogP contribution < -0.4 is 5.32 Å². The molecule has 3 rings (SSSR count). The van der Waals surface area contributed by atoms with Gasteiger partial charge in [-0.15, -0.1) is 0 Å². The number of likely N-dealkylation sites (N-methyl/N-ethyl adjacent to an activating group) is 1. The Kier molecular flexibility index (Phi) is 6.55. The normalized spacial score (nSPS) is 16.7. The number of ether oxygens (including phenoxy) is 2. The van der Waals surface area contributed by atoms with Crippen LogP contribution in [0.1, 0.15) is 21.5 Å². The van der Waals surface area contributed by atoms with E-state index in [9.17, 15) is 4.79 Å². The lowest BCUT2D eigenvalue weighted by Gasteiger charge is -2.27. The molecular formula is C21H23N3O3. The first-order valence-corrected chi connectivity index (χ1v) is 8.92. The summed E-state index contributed by atoms with van der Waals surface area (Å²) in [4.78, 5) is 14.7. The maximum absolute atomic E-state index is 12.5. The molecule has 1 amide bonds. The van der Waals surface area contributed by atoms with Gasteiger partial charge in [-0.25, -0.2) is 0 Å². The molecule has 0 saturated carbocycles. The number of rotatable bonds is 6. The molecule has 6 nitrogen and oxygen atoms in total. The monoisotopic (exact) mass is 365 g/mol. The SMILES string of the molecule is CN(Cc1cccc(C(=O)Nc2cccc(C#N)c2)c1)C[C@H]1COCCO1.